The number of halogens is 1. The SMILES string of the molecule is C=CCSP(Cl)SCC=C. The van der Waals surface area contributed by atoms with E-state index >= 15 is 0 Å². The molecule has 0 rings (SSSR count). The topological polar surface area (TPSA) is 0 Å². The average molecular weight is 213 g/mol. The molecule has 0 atom stereocenters. The van der Waals surface area contributed by atoms with Crippen LogP contribution in [0.4, 0.5) is 0 Å². The summed E-state index contributed by atoms with van der Waals surface area (Å²) in [6, 6.07) is 0. The van der Waals surface area contributed by atoms with Crippen LogP contribution in [-0.2, 0) is 0 Å². The van der Waals surface area contributed by atoms with Gasteiger partial charge in [-0.2, -0.15) is 0 Å². The van der Waals surface area contributed by atoms with Gasteiger partial charge in [0.05, 0.1) is 0 Å². The van der Waals surface area contributed by atoms with Gasteiger partial charge >= 0.3 is 0 Å². The molecular formula is C6H10ClPS2. The molecule has 0 heterocycles. The van der Waals surface area contributed by atoms with E-state index in [-0.39, 0.29) is 0 Å². The van der Waals surface area contributed by atoms with Crippen LogP contribution in [0.2, 0.25) is 0 Å². The normalized spacial score (nSPS) is 9.80. The first-order valence-electron chi connectivity index (χ1n) is 2.74. The van der Waals surface area contributed by atoms with Gasteiger partial charge in [0, 0.05) is 11.5 Å². The van der Waals surface area contributed by atoms with Gasteiger partial charge in [0.15, 0.2) is 0 Å². The summed E-state index contributed by atoms with van der Waals surface area (Å²) in [6.07, 6.45) is 3.74. The lowest BCUT2D eigenvalue weighted by atomic mass is 10.8. The molecule has 10 heavy (non-hydrogen) atoms. The van der Waals surface area contributed by atoms with Crippen LogP contribution in [0.25, 0.3) is 0 Å². The average Bonchev–Trinajstić information content (AvgIpc) is 1.97. The van der Waals surface area contributed by atoms with E-state index in [1.54, 1.807) is 22.8 Å². The van der Waals surface area contributed by atoms with Gasteiger partial charge in [0.1, 0.15) is 5.68 Å². The maximum absolute atomic E-state index is 5.93. The highest BCUT2D eigenvalue weighted by Crippen LogP contribution is 2.64. The molecule has 0 saturated carbocycles. The van der Waals surface area contributed by atoms with E-state index in [0.717, 1.165) is 11.5 Å². The van der Waals surface area contributed by atoms with Crippen LogP contribution in [-0.4, -0.2) is 11.5 Å². The Morgan fingerprint density at radius 1 is 1.20 bits per heavy atom. The maximum Gasteiger partial charge on any atom is 0.110 e. The standard InChI is InChI=1S/C6H10ClPS2/c1-3-5-9-8(7)10-6-4-2/h3-4H,1-2,5-6H2. The van der Waals surface area contributed by atoms with Crippen molar-refractivity contribution < 1.29 is 0 Å². The second kappa shape index (κ2) is 8.00. The van der Waals surface area contributed by atoms with Crippen LogP contribution < -0.4 is 0 Å². The Kier molecular flexibility index (Phi) is 8.72. The molecule has 0 amide bonds. The molecule has 0 aliphatic carbocycles. The van der Waals surface area contributed by atoms with Gasteiger partial charge in [-0.15, -0.1) is 35.9 Å². The first-order chi connectivity index (χ1) is 4.81. The van der Waals surface area contributed by atoms with Gasteiger partial charge in [-0.05, 0) is 0 Å². The van der Waals surface area contributed by atoms with Crippen molar-refractivity contribution in [2.75, 3.05) is 11.5 Å². The predicted molar refractivity (Wildman–Crippen MR) is 58.1 cm³/mol. The van der Waals surface area contributed by atoms with Crippen molar-refractivity contribution in [2.45, 2.75) is 0 Å². The van der Waals surface area contributed by atoms with Crippen molar-refractivity contribution in [3.05, 3.63) is 25.3 Å². The van der Waals surface area contributed by atoms with Crippen LogP contribution >= 0.6 is 39.7 Å². The highest BCUT2D eigenvalue weighted by Gasteiger charge is 2.01. The lowest BCUT2D eigenvalue weighted by Crippen LogP contribution is -1.63. The summed E-state index contributed by atoms with van der Waals surface area (Å²) in [7, 11) is 0. The van der Waals surface area contributed by atoms with E-state index in [1.165, 1.54) is 0 Å². The molecular weight excluding hydrogens is 203 g/mol. The molecule has 0 saturated heterocycles. The van der Waals surface area contributed by atoms with Crippen molar-refractivity contribution in [3.63, 3.8) is 0 Å². The fraction of sp³-hybridized carbons (Fsp3) is 0.333. The Balaban J connectivity index is 3.15. The van der Waals surface area contributed by atoms with E-state index in [4.69, 9.17) is 11.2 Å². The van der Waals surface area contributed by atoms with Gasteiger partial charge in [-0.1, -0.05) is 23.4 Å². The van der Waals surface area contributed by atoms with E-state index in [9.17, 15) is 0 Å². The van der Waals surface area contributed by atoms with E-state index in [2.05, 4.69) is 13.2 Å². The Hall–Kier alpha value is 0.900. The second-order valence-corrected chi connectivity index (χ2v) is 9.64. The molecule has 0 spiro atoms. The summed E-state index contributed by atoms with van der Waals surface area (Å²) in [4.78, 5) is 0. The van der Waals surface area contributed by atoms with Crippen molar-refractivity contribution in [3.8, 4) is 0 Å². The molecule has 0 aromatic rings. The highest BCUT2D eigenvalue weighted by molar-refractivity contribution is 8.94. The molecule has 0 fully saturated rings. The molecule has 0 bridgehead atoms. The third-order valence-corrected chi connectivity index (χ3v) is 7.53. The van der Waals surface area contributed by atoms with Crippen molar-refractivity contribution in [1.82, 2.24) is 0 Å². The van der Waals surface area contributed by atoms with E-state index in [1.807, 2.05) is 12.2 Å². The largest absolute Gasteiger partial charge is 0.110 e. The van der Waals surface area contributed by atoms with Crippen LogP contribution in [0, 0.1) is 0 Å². The summed E-state index contributed by atoms with van der Waals surface area (Å²) in [5.41, 5.74) is -0.429. The Labute approximate surface area is 76.5 Å². The van der Waals surface area contributed by atoms with Gasteiger partial charge in [0.25, 0.3) is 0 Å². The summed E-state index contributed by atoms with van der Waals surface area (Å²) in [5.74, 6) is 1.89. The molecule has 0 aliphatic heterocycles. The molecule has 58 valence electrons. The molecule has 0 N–H and O–H groups in total. The first-order valence-corrected chi connectivity index (χ1v) is 8.17. The summed E-state index contributed by atoms with van der Waals surface area (Å²) in [5, 5.41) is 0. The fourth-order valence-corrected chi connectivity index (χ4v) is 5.12. The molecule has 4 heteroatoms. The summed E-state index contributed by atoms with van der Waals surface area (Å²) in [6.45, 7) is 7.23. The van der Waals surface area contributed by atoms with Crippen LogP contribution in [0.1, 0.15) is 0 Å². The fourth-order valence-electron chi connectivity index (χ4n) is 0.260. The number of hydrogen-bond acceptors (Lipinski definition) is 2. The number of hydrogen-bond donors (Lipinski definition) is 0. The molecule has 0 aromatic heterocycles. The lowest BCUT2D eigenvalue weighted by Gasteiger charge is -2.02. The van der Waals surface area contributed by atoms with Crippen LogP contribution in [0.15, 0.2) is 25.3 Å². The van der Waals surface area contributed by atoms with Crippen molar-refractivity contribution in [2.24, 2.45) is 0 Å². The molecule has 0 radical (unpaired) electrons. The van der Waals surface area contributed by atoms with Gasteiger partial charge in [0.2, 0.25) is 0 Å². The van der Waals surface area contributed by atoms with E-state index in [0.29, 0.717) is 0 Å². The van der Waals surface area contributed by atoms with Gasteiger partial charge < -0.3 is 0 Å². The quantitative estimate of drug-likeness (QED) is 0.476. The molecule has 0 aliphatic rings. The van der Waals surface area contributed by atoms with Gasteiger partial charge in [-0.3, -0.25) is 0 Å². The Morgan fingerprint density at radius 3 is 1.90 bits per heavy atom. The second-order valence-electron chi connectivity index (χ2n) is 1.38. The minimum atomic E-state index is -0.429. The van der Waals surface area contributed by atoms with Gasteiger partial charge in [-0.25, -0.2) is 0 Å². The van der Waals surface area contributed by atoms with Crippen molar-refractivity contribution in [1.29, 1.82) is 0 Å². The minimum Gasteiger partial charge on any atom is -0.103 e. The van der Waals surface area contributed by atoms with Crippen LogP contribution in [0.5, 0.6) is 0 Å². The van der Waals surface area contributed by atoms with Crippen LogP contribution in [0.3, 0.4) is 0 Å². The predicted octanol–water partition coefficient (Wildman–Crippen LogP) is 4.29. The van der Waals surface area contributed by atoms with E-state index < -0.39 is 5.68 Å². The Morgan fingerprint density at radius 2 is 1.60 bits per heavy atom. The highest BCUT2D eigenvalue weighted by atomic mass is 35.7. The zero-order valence-electron chi connectivity index (χ0n) is 5.62. The molecule has 0 unspecified atom stereocenters. The smallest absolute Gasteiger partial charge is 0.103 e. The maximum atomic E-state index is 5.93. The minimum absolute atomic E-state index is 0.429. The van der Waals surface area contributed by atoms with Crippen molar-refractivity contribution >= 4 is 39.7 Å². The monoisotopic (exact) mass is 212 g/mol. The summed E-state index contributed by atoms with van der Waals surface area (Å²) >= 11 is 9.42. The Bertz CT molecular complexity index is 95.9. The third-order valence-electron chi connectivity index (χ3n) is 0.588. The first kappa shape index (κ1) is 10.9. The molecule has 0 aromatic carbocycles. The summed E-state index contributed by atoms with van der Waals surface area (Å²) < 4.78 is 0. The number of rotatable bonds is 6. The lowest BCUT2D eigenvalue weighted by molar-refractivity contribution is 1.84. The zero-order valence-corrected chi connectivity index (χ0v) is 8.91. The molecule has 0 nitrogen and oxygen atoms in total. The third kappa shape index (κ3) is 7.01. The zero-order chi connectivity index (χ0) is 7.82.